The van der Waals surface area contributed by atoms with Crippen molar-refractivity contribution >= 4 is 0 Å². The van der Waals surface area contributed by atoms with Crippen LogP contribution in [0, 0.1) is 6.42 Å². The predicted molar refractivity (Wildman–Crippen MR) is 33.6 cm³/mol. The molecule has 0 saturated heterocycles. The molecule has 0 atom stereocenters. The maximum absolute atomic E-state index is 11.6. The highest BCUT2D eigenvalue weighted by atomic mass is 19.1. The summed E-state index contributed by atoms with van der Waals surface area (Å²) in [6.07, 6.45) is 4.77. The number of hydrogen-bond donors (Lipinski definition) is 0. The van der Waals surface area contributed by atoms with Crippen molar-refractivity contribution in [2.75, 3.05) is 6.67 Å². The standard InChI is InChI=1S/C7H7FN/c8-4-3-7-2-1-5-9-6-7/h1-3,5-6H,4H2. The van der Waals surface area contributed by atoms with Crippen LogP contribution in [0.25, 0.3) is 0 Å². The molecular formula is C7H7FN. The number of halogens is 1. The van der Waals surface area contributed by atoms with Gasteiger partial charge >= 0.3 is 0 Å². The molecule has 0 aliphatic rings. The second-order valence-electron chi connectivity index (χ2n) is 1.64. The van der Waals surface area contributed by atoms with Crippen LogP contribution in [0.1, 0.15) is 5.56 Å². The van der Waals surface area contributed by atoms with Gasteiger partial charge in [0.2, 0.25) is 0 Å². The first-order valence-electron chi connectivity index (χ1n) is 2.72. The highest BCUT2D eigenvalue weighted by Gasteiger charge is 1.88. The Morgan fingerprint density at radius 2 is 2.56 bits per heavy atom. The zero-order valence-electron chi connectivity index (χ0n) is 4.92. The van der Waals surface area contributed by atoms with E-state index in [9.17, 15) is 4.39 Å². The molecule has 9 heavy (non-hydrogen) atoms. The van der Waals surface area contributed by atoms with Gasteiger partial charge < -0.3 is 0 Å². The Hall–Kier alpha value is -0.920. The second kappa shape index (κ2) is 3.17. The minimum atomic E-state index is -0.425. The zero-order chi connectivity index (χ0) is 6.53. The number of nitrogens with zero attached hydrogens (tertiary/aromatic N) is 1. The summed E-state index contributed by atoms with van der Waals surface area (Å²) in [6.45, 7) is -0.425. The van der Waals surface area contributed by atoms with Crippen molar-refractivity contribution in [2.24, 2.45) is 0 Å². The maximum atomic E-state index is 11.6. The molecule has 0 amide bonds. The molecule has 1 aromatic heterocycles. The van der Waals surface area contributed by atoms with E-state index in [1.807, 2.05) is 6.07 Å². The third-order valence-electron chi connectivity index (χ3n) is 0.997. The van der Waals surface area contributed by atoms with E-state index < -0.39 is 6.67 Å². The Morgan fingerprint density at radius 3 is 3.11 bits per heavy atom. The van der Waals surface area contributed by atoms with E-state index in [1.54, 1.807) is 18.5 Å². The third-order valence-corrected chi connectivity index (χ3v) is 0.997. The first-order valence-corrected chi connectivity index (χ1v) is 2.72. The molecule has 2 heteroatoms. The van der Waals surface area contributed by atoms with Gasteiger partial charge in [-0.25, -0.2) is 0 Å². The molecular weight excluding hydrogens is 117 g/mol. The summed E-state index contributed by atoms with van der Waals surface area (Å²) in [4.78, 5) is 3.81. The molecule has 0 aliphatic heterocycles. The second-order valence-corrected chi connectivity index (χ2v) is 1.64. The zero-order valence-corrected chi connectivity index (χ0v) is 4.92. The summed E-state index contributed by atoms with van der Waals surface area (Å²) in [5.74, 6) is 0. The van der Waals surface area contributed by atoms with E-state index in [0.717, 1.165) is 5.56 Å². The van der Waals surface area contributed by atoms with Gasteiger partial charge in [0.25, 0.3) is 0 Å². The minimum absolute atomic E-state index is 0.425. The largest absolute Gasteiger partial charge is 0.264 e. The van der Waals surface area contributed by atoms with E-state index in [0.29, 0.717) is 0 Å². The van der Waals surface area contributed by atoms with Crippen LogP contribution in [0.2, 0.25) is 0 Å². The maximum Gasteiger partial charge on any atom is 0.0970 e. The average molecular weight is 124 g/mol. The molecule has 0 fully saturated rings. The fraction of sp³-hybridized carbons (Fsp3) is 0.143. The number of pyridine rings is 1. The van der Waals surface area contributed by atoms with Crippen LogP contribution in [-0.4, -0.2) is 11.7 Å². The lowest BCUT2D eigenvalue weighted by atomic mass is 10.2. The van der Waals surface area contributed by atoms with E-state index >= 15 is 0 Å². The number of rotatable bonds is 2. The third kappa shape index (κ3) is 1.80. The molecule has 1 heterocycles. The first-order chi connectivity index (χ1) is 4.43. The van der Waals surface area contributed by atoms with Gasteiger partial charge in [-0.3, -0.25) is 9.37 Å². The van der Waals surface area contributed by atoms with Crippen LogP contribution in [-0.2, 0) is 0 Å². The van der Waals surface area contributed by atoms with Gasteiger partial charge in [0.15, 0.2) is 0 Å². The number of hydrogen-bond acceptors (Lipinski definition) is 1. The predicted octanol–water partition coefficient (Wildman–Crippen LogP) is 1.60. The minimum Gasteiger partial charge on any atom is -0.264 e. The van der Waals surface area contributed by atoms with Crippen molar-refractivity contribution in [1.82, 2.24) is 4.98 Å². The molecule has 0 aliphatic carbocycles. The summed E-state index contributed by atoms with van der Waals surface area (Å²) in [5, 5.41) is 0. The molecule has 0 N–H and O–H groups in total. The Kier molecular flexibility index (Phi) is 2.19. The molecule has 0 bridgehead atoms. The van der Waals surface area contributed by atoms with Crippen LogP contribution in [0.4, 0.5) is 4.39 Å². The van der Waals surface area contributed by atoms with Gasteiger partial charge in [0.05, 0.1) is 6.67 Å². The summed E-state index contributed by atoms with van der Waals surface area (Å²) >= 11 is 0. The molecule has 0 saturated carbocycles. The molecule has 1 nitrogen and oxygen atoms in total. The molecule has 1 aromatic rings. The topological polar surface area (TPSA) is 12.9 Å². The van der Waals surface area contributed by atoms with Crippen LogP contribution in [0.15, 0.2) is 24.5 Å². The van der Waals surface area contributed by atoms with Crippen molar-refractivity contribution in [3.8, 4) is 0 Å². The Labute approximate surface area is 53.5 Å². The highest BCUT2D eigenvalue weighted by Crippen LogP contribution is 1.98. The fourth-order valence-corrected chi connectivity index (χ4v) is 0.586. The molecule has 1 rings (SSSR count). The quantitative estimate of drug-likeness (QED) is 0.583. The van der Waals surface area contributed by atoms with E-state index in [2.05, 4.69) is 4.98 Å². The molecule has 0 spiro atoms. The fourth-order valence-electron chi connectivity index (χ4n) is 0.586. The average Bonchev–Trinajstić information content (AvgIpc) is 1.91. The number of alkyl halides is 1. The number of aromatic nitrogens is 1. The Balaban J connectivity index is 2.61. The van der Waals surface area contributed by atoms with E-state index in [-0.39, 0.29) is 0 Å². The molecule has 0 aromatic carbocycles. The van der Waals surface area contributed by atoms with E-state index in [1.165, 1.54) is 6.42 Å². The Morgan fingerprint density at radius 1 is 1.67 bits per heavy atom. The molecule has 1 radical (unpaired) electrons. The normalized spacial score (nSPS) is 9.44. The first kappa shape index (κ1) is 6.20. The van der Waals surface area contributed by atoms with Crippen molar-refractivity contribution in [3.05, 3.63) is 36.5 Å². The van der Waals surface area contributed by atoms with Crippen LogP contribution in [0.3, 0.4) is 0 Å². The van der Waals surface area contributed by atoms with E-state index in [4.69, 9.17) is 0 Å². The van der Waals surface area contributed by atoms with Crippen LogP contribution in [0.5, 0.6) is 0 Å². The lowest BCUT2D eigenvalue weighted by molar-refractivity contribution is 0.544. The summed E-state index contributed by atoms with van der Waals surface area (Å²) in [6, 6.07) is 3.59. The Bertz CT molecular complexity index is 162. The highest BCUT2D eigenvalue weighted by molar-refractivity contribution is 5.17. The molecule has 0 unspecified atom stereocenters. The lowest BCUT2D eigenvalue weighted by Crippen LogP contribution is -1.82. The van der Waals surface area contributed by atoms with Crippen molar-refractivity contribution < 1.29 is 4.39 Å². The van der Waals surface area contributed by atoms with Gasteiger partial charge in [-0.1, -0.05) is 6.07 Å². The van der Waals surface area contributed by atoms with Gasteiger partial charge in [0, 0.05) is 18.8 Å². The van der Waals surface area contributed by atoms with Crippen molar-refractivity contribution in [2.45, 2.75) is 0 Å². The van der Waals surface area contributed by atoms with Gasteiger partial charge in [0.1, 0.15) is 0 Å². The van der Waals surface area contributed by atoms with Crippen LogP contribution < -0.4 is 0 Å². The van der Waals surface area contributed by atoms with Crippen LogP contribution >= 0.6 is 0 Å². The lowest BCUT2D eigenvalue weighted by Gasteiger charge is -1.90. The summed E-state index contributed by atoms with van der Waals surface area (Å²) in [5.41, 5.74) is 0.833. The summed E-state index contributed by atoms with van der Waals surface area (Å²) in [7, 11) is 0. The SMILES string of the molecule is FC[CH]c1cccnc1. The van der Waals surface area contributed by atoms with Crippen molar-refractivity contribution in [1.29, 1.82) is 0 Å². The molecule has 47 valence electrons. The van der Waals surface area contributed by atoms with Gasteiger partial charge in [-0.05, 0) is 11.6 Å². The van der Waals surface area contributed by atoms with Crippen molar-refractivity contribution in [3.63, 3.8) is 0 Å². The monoisotopic (exact) mass is 124 g/mol. The van der Waals surface area contributed by atoms with Gasteiger partial charge in [-0.15, -0.1) is 0 Å². The summed E-state index contributed by atoms with van der Waals surface area (Å²) < 4.78 is 11.6. The van der Waals surface area contributed by atoms with Gasteiger partial charge in [-0.2, -0.15) is 0 Å². The smallest absolute Gasteiger partial charge is 0.0970 e.